The van der Waals surface area contributed by atoms with Gasteiger partial charge in [0.15, 0.2) is 0 Å². The van der Waals surface area contributed by atoms with Crippen LogP contribution in [0.1, 0.15) is 24.4 Å². The number of furan rings is 1. The normalized spacial score (nSPS) is 22.5. The molecule has 1 N–H and O–H groups in total. The van der Waals surface area contributed by atoms with E-state index < -0.39 is 0 Å². The van der Waals surface area contributed by atoms with Gasteiger partial charge in [-0.15, -0.1) is 0 Å². The Bertz CT molecular complexity index is 277. The van der Waals surface area contributed by atoms with Crippen molar-refractivity contribution in [2.45, 2.75) is 32.5 Å². The van der Waals surface area contributed by atoms with Crippen molar-refractivity contribution >= 4 is 0 Å². The van der Waals surface area contributed by atoms with Gasteiger partial charge in [0.1, 0.15) is 18.1 Å². The Kier molecular flexibility index (Phi) is 3.22. The highest BCUT2D eigenvalue weighted by Gasteiger charge is 2.13. The van der Waals surface area contributed by atoms with Crippen LogP contribution >= 0.6 is 0 Å². The highest BCUT2D eigenvalue weighted by atomic mass is 16.5. The minimum Gasteiger partial charge on any atom is -0.464 e. The maximum absolute atomic E-state index is 5.73. The van der Waals surface area contributed by atoms with Crippen LogP contribution in [0.4, 0.5) is 0 Å². The Morgan fingerprint density at radius 2 is 2.50 bits per heavy atom. The molecule has 14 heavy (non-hydrogen) atoms. The zero-order valence-electron chi connectivity index (χ0n) is 8.58. The van der Waals surface area contributed by atoms with Crippen molar-refractivity contribution in [3.63, 3.8) is 0 Å². The lowest BCUT2D eigenvalue weighted by Gasteiger charge is -2.22. The molecule has 2 rings (SSSR count). The average molecular weight is 195 g/mol. The maximum Gasteiger partial charge on any atom is 0.129 e. The lowest BCUT2D eigenvalue weighted by Crippen LogP contribution is -2.35. The van der Waals surface area contributed by atoms with E-state index in [0.29, 0.717) is 12.7 Å². The summed E-state index contributed by atoms with van der Waals surface area (Å²) in [5.41, 5.74) is 0. The molecular formula is C11H17NO2. The standard InChI is InChI=1S/C11H17NO2/c1-9-4-5-11(14-9)8-13-10-3-2-6-12-7-10/h4-5,10,12H,2-3,6-8H2,1H3. The first-order chi connectivity index (χ1) is 6.84. The highest BCUT2D eigenvalue weighted by Crippen LogP contribution is 2.12. The predicted octanol–water partition coefficient (Wildman–Crippen LogP) is 1.86. The maximum atomic E-state index is 5.73. The van der Waals surface area contributed by atoms with Crippen LogP contribution in [0.15, 0.2) is 16.5 Å². The van der Waals surface area contributed by atoms with E-state index in [1.165, 1.54) is 6.42 Å². The molecule has 0 amide bonds. The van der Waals surface area contributed by atoms with E-state index in [1.54, 1.807) is 0 Å². The third-order valence-corrected chi connectivity index (χ3v) is 2.51. The smallest absolute Gasteiger partial charge is 0.129 e. The summed E-state index contributed by atoms with van der Waals surface area (Å²) < 4.78 is 11.2. The minimum absolute atomic E-state index is 0.356. The van der Waals surface area contributed by atoms with Crippen molar-refractivity contribution in [1.82, 2.24) is 5.32 Å². The Morgan fingerprint density at radius 3 is 3.14 bits per heavy atom. The lowest BCUT2D eigenvalue weighted by molar-refractivity contribution is 0.0165. The van der Waals surface area contributed by atoms with Crippen LogP contribution < -0.4 is 5.32 Å². The minimum atomic E-state index is 0.356. The fraction of sp³-hybridized carbons (Fsp3) is 0.636. The van der Waals surface area contributed by atoms with Gasteiger partial charge in [0.05, 0.1) is 6.10 Å². The molecule has 0 saturated carbocycles. The molecule has 1 fully saturated rings. The first-order valence-electron chi connectivity index (χ1n) is 5.22. The SMILES string of the molecule is Cc1ccc(COC2CCCNC2)o1. The van der Waals surface area contributed by atoms with Gasteiger partial charge >= 0.3 is 0 Å². The van der Waals surface area contributed by atoms with Gasteiger partial charge in [0.25, 0.3) is 0 Å². The molecule has 1 aliphatic rings. The van der Waals surface area contributed by atoms with E-state index in [4.69, 9.17) is 9.15 Å². The molecule has 1 atom stereocenters. The van der Waals surface area contributed by atoms with Crippen LogP contribution in [0.25, 0.3) is 0 Å². The number of ether oxygens (including phenoxy) is 1. The fourth-order valence-electron chi connectivity index (χ4n) is 1.72. The van der Waals surface area contributed by atoms with Crippen molar-refractivity contribution in [3.05, 3.63) is 23.7 Å². The van der Waals surface area contributed by atoms with E-state index in [2.05, 4.69) is 5.32 Å². The first kappa shape index (κ1) is 9.74. The van der Waals surface area contributed by atoms with Crippen LogP contribution in [0.5, 0.6) is 0 Å². The van der Waals surface area contributed by atoms with Gasteiger partial charge in [-0.3, -0.25) is 0 Å². The second kappa shape index (κ2) is 4.62. The molecule has 2 heterocycles. The fourth-order valence-corrected chi connectivity index (χ4v) is 1.72. The van der Waals surface area contributed by atoms with Crippen molar-refractivity contribution in [1.29, 1.82) is 0 Å². The Balaban J connectivity index is 1.76. The molecule has 0 bridgehead atoms. The van der Waals surface area contributed by atoms with Gasteiger partial charge < -0.3 is 14.5 Å². The zero-order valence-corrected chi connectivity index (χ0v) is 8.58. The second-order valence-electron chi connectivity index (χ2n) is 3.79. The van der Waals surface area contributed by atoms with E-state index >= 15 is 0 Å². The van der Waals surface area contributed by atoms with Gasteiger partial charge in [-0.2, -0.15) is 0 Å². The summed E-state index contributed by atoms with van der Waals surface area (Å²) >= 11 is 0. The number of piperidine rings is 1. The Hall–Kier alpha value is -0.800. The number of nitrogens with one attached hydrogen (secondary N) is 1. The molecular weight excluding hydrogens is 178 g/mol. The average Bonchev–Trinajstić information content (AvgIpc) is 2.63. The summed E-state index contributed by atoms with van der Waals surface area (Å²) in [6, 6.07) is 3.95. The number of hydrogen-bond donors (Lipinski definition) is 1. The topological polar surface area (TPSA) is 34.4 Å². The molecule has 1 unspecified atom stereocenters. The van der Waals surface area contributed by atoms with Crippen molar-refractivity contribution < 1.29 is 9.15 Å². The van der Waals surface area contributed by atoms with Crippen LogP contribution in [0.2, 0.25) is 0 Å². The van der Waals surface area contributed by atoms with Crippen LogP contribution in [-0.4, -0.2) is 19.2 Å². The van der Waals surface area contributed by atoms with Gasteiger partial charge in [-0.05, 0) is 38.4 Å². The van der Waals surface area contributed by atoms with E-state index in [0.717, 1.165) is 31.0 Å². The van der Waals surface area contributed by atoms with Gasteiger partial charge in [-0.1, -0.05) is 0 Å². The highest BCUT2D eigenvalue weighted by molar-refractivity contribution is 5.04. The molecule has 0 radical (unpaired) electrons. The second-order valence-corrected chi connectivity index (χ2v) is 3.79. The lowest BCUT2D eigenvalue weighted by atomic mass is 10.1. The van der Waals surface area contributed by atoms with Gasteiger partial charge in [0, 0.05) is 6.54 Å². The third-order valence-electron chi connectivity index (χ3n) is 2.51. The van der Waals surface area contributed by atoms with E-state index in [-0.39, 0.29) is 0 Å². The molecule has 1 aromatic heterocycles. The largest absolute Gasteiger partial charge is 0.464 e. The molecule has 0 aromatic carbocycles. The van der Waals surface area contributed by atoms with Crippen LogP contribution in [-0.2, 0) is 11.3 Å². The van der Waals surface area contributed by atoms with E-state index in [9.17, 15) is 0 Å². The Morgan fingerprint density at radius 1 is 1.57 bits per heavy atom. The molecule has 0 aliphatic carbocycles. The summed E-state index contributed by atoms with van der Waals surface area (Å²) in [5, 5.41) is 3.32. The van der Waals surface area contributed by atoms with Crippen molar-refractivity contribution in [2.75, 3.05) is 13.1 Å². The molecule has 3 heteroatoms. The molecule has 1 aliphatic heterocycles. The van der Waals surface area contributed by atoms with Gasteiger partial charge in [0.2, 0.25) is 0 Å². The number of rotatable bonds is 3. The van der Waals surface area contributed by atoms with Crippen molar-refractivity contribution in [3.8, 4) is 0 Å². The number of hydrogen-bond acceptors (Lipinski definition) is 3. The first-order valence-corrected chi connectivity index (χ1v) is 5.22. The zero-order chi connectivity index (χ0) is 9.80. The van der Waals surface area contributed by atoms with Crippen LogP contribution in [0.3, 0.4) is 0 Å². The molecule has 78 valence electrons. The summed E-state index contributed by atoms with van der Waals surface area (Å²) in [7, 11) is 0. The predicted molar refractivity (Wildman–Crippen MR) is 54.1 cm³/mol. The summed E-state index contributed by atoms with van der Waals surface area (Å²) in [5.74, 6) is 1.87. The van der Waals surface area contributed by atoms with Crippen molar-refractivity contribution in [2.24, 2.45) is 0 Å². The Labute approximate surface area is 84.4 Å². The van der Waals surface area contributed by atoms with E-state index in [1.807, 2.05) is 19.1 Å². The molecule has 1 aromatic rings. The van der Waals surface area contributed by atoms with Gasteiger partial charge in [-0.25, -0.2) is 0 Å². The summed E-state index contributed by atoms with van der Waals surface area (Å²) in [6.45, 7) is 4.64. The molecule has 1 saturated heterocycles. The molecule has 3 nitrogen and oxygen atoms in total. The number of aryl methyl sites for hydroxylation is 1. The quantitative estimate of drug-likeness (QED) is 0.799. The molecule has 0 spiro atoms. The monoisotopic (exact) mass is 195 g/mol. The third kappa shape index (κ3) is 2.59. The summed E-state index contributed by atoms with van der Waals surface area (Å²) in [6.07, 6.45) is 2.73. The summed E-state index contributed by atoms with van der Waals surface area (Å²) in [4.78, 5) is 0. The van der Waals surface area contributed by atoms with Crippen LogP contribution in [0, 0.1) is 6.92 Å².